The third-order valence-corrected chi connectivity index (χ3v) is 4.18. The van der Waals surface area contributed by atoms with Crippen molar-refractivity contribution in [2.24, 2.45) is 13.0 Å². The highest BCUT2D eigenvalue weighted by Crippen LogP contribution is 2.28. The molecule has 0 atom stereocenters. The molecule has 1 aromatic heterocycles. The van der Waals surface area contributed by atoms with Crippen molar-refractivity contribution >= 4 is 15.8 Å². The van der Waals surface area contributed by atoms with Crippen LogP contribution in [0.4, 0.5) is 5.82 Å². The summed E-state index contributed by atoms with van der Waals surface area (Å²) in [6.07, 6.45) is 3.82. The minimum Gasteiger partial charge on any atom is -0.381 e. The second kappa shape index (κ2) is 5.25. The first-order chi connectivity index (χ1) is 8.49. The summed E-state index contributed by atoms with van der Waals surface area (Å²) in [7, 11) is -1.97. The minimum atomic E-state index is -3.59. The van der Waals surface area contributed by atoms with Crippen LogP contribution in [0.3, 0.4) is 0 Å². The largest absolute Gasteiger partial charge is 0.381 e. The number of ether oxygens (including phenoxy) is 1. The van der Waals surface area contributed by atoms with Crippen molar-refractivity contribution in [3.63, 3.8) is 0 Å². The van der Waals surface area contributed by atoms with Crippen molar-refractivity contribution in [2.75, 3.05) is 25.5 Å². The number of aromatic nitrogens is 2. The molecule has 0 aromatic carbocycles. The van der Waals surface area contributed by atoms with E-state index in [1.807, 2.05) is 0 Å². The maximum absolute atomic E-state index is 11.9. The van der Waals surface area contributed by atoms with Crippen LogP contribution >= 0.6 is 0 Å². The fourth-order valence-corrected chi connectivity index (χ4v) is 2.67. The van der Waals surface area contributed by atoms with Crippen molar-refractivity contribution in [1.29, 1.82) is 0 Å². The first kappa shape index (κ1) is 13.3. The SMILES string of the molecule is Cn1cc(S(=O)(=O)NCCOCC2CC2)c(N)n1. The summed E-state index contributed by atoms with van der Waals surface area (Å²) in [4.78, 5) is 0.00666. The lowest BCUT2D eigenvalue weighted by Gasteiger charge is -2.06. The Morgan fingerprint density at radius 2 is 2.33 bits per heavy atom. The lowest BCUT2D eigenvalue weighted by atomic mass is 10.5. The normalized spacial score (nSPS) is 16.1. The Bertz CT molecular complexity index is 507. The molecular weight excluding hydrogens is 256 g/mol. The molecule has 8 heteroatoms. The summed E-state index contributed by atoms with van der Waals surface area (Å²) in [6, 6.07) is 0. The molecule has 7 nitrogen and oxygen atoms in total. The smallest absolute Gasteiger partial charge is 0.245 e. The van der Waals surface area contributed by atoms with E-state index < -0.39 is 10.0 Å². The van der Waals surface area contributed by atoms with E-state index in [0.29, 0.717) is 12.5 Å². The molecule has 102 valence electrons. The van der Waals surface area contributed by atoms with Crippen LogP contribution < -0.4 is 10.5 Å². The molecule has 0 amide bonds. The van der Waals surface area contributed by atoms with E-state index in [0.717, 1.165) is 6.61 Å². The number of aryl methyl sites for hydroxylation is 1. The van der Waals surface area contributed by atoms with Crippen LogP contribution in [0.2, 0.25) is 0 Å². The Balaban J connectivity index is 1.81. The number of sulfonamides is 1. The lowest BCUT2D eigenvalue weighted by molar-refractivity contribution is 0.129. The van der Waals surface area contributed by atoms with E-state index in [9.17, 15) is 8.42 Å². The predicted octanol–water partition coefficient (Wildman–Crippen LogP) is -0.293. The molecule has 3 N–H and O–H groups in total. The number of nitrogens with one attached hydrogen (secondary N) is 1. The van der Waals surface area contributed by atoms with Gasteiger partial charge in [0, 0.05) is 26.4 Å². The molecule has 1 aromatic rings. The van der Waals surface area contributed by atoms with Crippen molar-refractivity contribution in [3.8, 4) is 0 Å². The number of nitrogens with zero attached hydrogens (tertiary/aromatic N) is 2. The van der Waals surface area contributed by atoms with Gasteiger partial charge in [-0.1, -0.05) is 0 Å². The minimum absolute atomic E-state index is 0.00361. The van der Waals surface area contributed by atoms with E-state index in [2.05, 4.69) is 9.82 Å². The first-order valence-electron chi connectivity index (χ1n) is 5.85. The van der Waals surface area contributed by atoms with Crippen molar-refractivity contribution in [2.45, 2.75) is 17.7 Å². The molecule has 0 spiro atoms. The second-order valence-corrected chi connectivity index (χ2v) is 6.20. The Kier molecular flexibility index (Phi) is 3.88. The zero-order valence-electron chi connectivity index (χ0n) is 10.3. The third kappa shape index (κ3) is 3.44. The molecule has 1 aliphatic rings. The summed E-state index contributed by atoms with van der Waals surface area (Å²) in [5.41, 5.74) is 5.52. The van der Waals surface area contributed by atoms with E-state index in [1.165, 1.54) is 23.7 Å². The highest BCUT2D eigenvalue weighted by atomic mass is 32.2. The fraction of sp³-hybridized carbons (Fsp3) is 0.700. The highest BCUT2D eigenvalue weighted by molar-refractivity contribution is 7.89. The van der Waals surface area contributed by atoms with Crippen LogP contribution in [-0.4, -0.2) is 38.0 Å². The van der Waals surface area contributed by atoms with Gasteiger partial charge in [-0.05, 0) is 18.8 Å². The van der Waals surface area contributed by atoms with Crippen LogP contribution in [0.25, 0.3) is 0 Å². The number of hydrogen-bond donors (Lipinski definition) is 2. The zero-order chi connectivity index (χ0) is 13.2. The van der Waals surface area contributed by atoms with E-state index in [4.69, 9.17) is 10.5 Å². The average molecular weight is 274 g/mol. The number of hydrogen-bond acceptors (Lipinski definition) is 5. The van der Waals surface area contributed by atoms with Gasteiger partial charge in [0.15, 0.2) is 5.82 Å². The summed E-state index contributed by atoms with van der Waals surface area (Å²) in [5.74, 6) is 0.680. The molecule has 1 saturated carbocycles. The van der Waals surface area contributed by atoms with E-state index in [1.54, 1.807) is 7.05 Å². The second-order valence-electron chi connectivity index (χ2n) is 4.47. The van der Waals surface area contributed by atoms with Crippen LogP contribution in [-0.2, 0) is 21.8 Å². The van der Waals surface area contributed by atoms with Crippen LogP contribution in [0, 0.1) is 5.92 Å². The van der Waals surface area contributed by atoms with Gasteiger partial charge in [-0.2, -0.15) is 5.10 Å². The number of anilines is 1. The molecule has 0 bridgehead atoms. The average Bonchev–Trinajstić information content (AvgIpc) is 3.03. The molecule has 1 heterocycles. The van der Waals surface area contributed by atoms with Gasteiger partial charge in [0.2, 0.25) is 10.0 Å². The molecule has 0 aliphatic heterocycles. The summed E-state index contributed by atoms with van der Waals surface area (Å²) in [6.45, 7) is 1.33. The molecule has 0 saturated heterocycles. The van der Waals surface area contributed by atoms with Gasteiger partial charge < -0.3 is 10.5 Å². The van der Waals surface area contributed by atoms with Gasteiger partial charge in [0.25, 0.3) is 0 Å². The Labute approximate surface area is 106 Å². The molecule has 1 fully saturated rings. The van der Waals surface area contributed by atoms with E-state index >= 15 is 0 Å². The monoisotopic (exact) mass is 274 g/mol. The van der Waals surface area contributed by atoms with Gasteiger partial charge in [-0.15, -0.1) is 0 Å². The van der Waals surface area contributed by atoms with Crippen LogP contribution in [0.1, 0.15) is 12.8 Å². The maximum atomic E-state index is 11.9. The molecule has 0 radical (unpaired) electrons. The quantitative estimate of drug-likeness (QED) is 0.665. The topological polar surface area (TPSA) is 99.2 Å². The molecule has 2 rings (SSSR count). The number of nitrogens with two attached hydrogens (primary N) is 1. The summed E-state index contributed by atoms with van der Waals surface area (Å²) in [5, 5.41) is 3.80. The number of rotatable bonds is 7. The molecule has 18 heavy (non-hydrogen) atoms. The van der Waals surface area contributed by atoms with Gasteiger partial charge in [-0.25, -0.2) is 13.1 Å². The van der Waals surface area contributed by atoms with Gasteiger partial charge in [-0.3, -0.25) is 4.68 Å². The fourth-order valence-electron chi connectivity index (χ4n) is 1.55. The van der Waals surface area contributed by atoms with Crippen LogP contribution in [0.5, 0.6) is 0 Å². The maximum Gasteiger partial charge on any atom is 0.245 e. The summed E-state index contributed by atoms with van der Waals surface area (Å²) >= 11 is 0. The molecule has 0 unspecified atom stereocenters. The Morgan fingerprint density at radius 1 is 1.61 bits per heavy atom. The van der Waals surface area contributed by atoms with Gasteiger partial charge in [0.1, 0.15) is 4.90 Å². The van der Waals surface area contributed by atoms with Crippen molar-refractivity contribution in [3.05, 3.63) is 6.20 Å². The molecule has 1 aliphatic carbocycles. The van der Waals surface area contributed by atoms with E-state index in [-0.39, 0.29) is 17.3 Å². The highest BCUT2D eigenvalue weighted by Gasteiger charge is 2.22. The van der Waals surface area contributed by atoms with Crippen molar-refractivity contribution in [1.82, 2.24) is 14.5 Å². The van der Waals surface area contributed by atoms with Gasteiger partial charge in [0.05, 0.1) is 6.61 Å². The Hall–Kier alpha value is -1.12. The predicted molar refractivity (Wildman–Crippen MR) is 66.4 cm³/mol. The standard InChI is InChI=1S/C10H18N4O3S/c1-14-6-9(10(11)13-14)18(15,16)12-4-5-17-7-8-2-3-8/h6,8,12H,2-5,7H2,1H3,(H2,11,13). The summed E-state index contributed by atoms with van der Waals surface area (Å²) < 4.78 is 32.9. The van der Waals surface area contributed by atoms with Crippen molar-refractivity contribution < 1.29 is 13.2 Å². The molecular formula is C10H18N4O3S. The third-order valence-electron chi connectivity index (χ3n) is 2.70. The van der Waals surface area contributed by atoms with Crippen LogP contribution in [0.15, 0.2) is 11.1 Å². The Morgan fingerprint density at radius 3 is 2.89 bits per heavy atom. The lowest BCUT2D eigenvalue weighted by Crippen LogP contribution is -2.28. The zero-order valence-corrected chi connectivity index (χ0v) is 11.1. The number of nitrogen functional groups attached to an aromatic ring is 1. The first-order valence-corrected chi connectivity index (χ1v) is 7.34. The van der Waals surface area contributed by atoms with Gasteiger partial charge >= 0.3 is 0 Å².